The smallest absolute Gasteiger partial charge is 0.336 e. The van der Waals surface area contributed by atoms with Crippen LogP contribution in [0.25, 0.3) is 0 Å². The Labute approximate surface area is 111 Å². The molecule has 8 heteroatoms. The Hall–Kier alpha value is -3.03. The van der Waals surface area contributed by atoms with Crippen molar-refractivity contribution < 1.29 is 9.59 Å². The molecule has 1 amide bonds. The molecule has 0 bridgehead atoms. The molecule has 1 aromatic heterocycles. The summed E-state index contributed by atoms with van der Waals surface area (Å²) in [5, 5.41) is 7.56. The van der Waals surface area contributed by atoms with E-state index in [1.54, 1.807) is 36.6 Å². The van der Waals surface area contributed by atoms with Crippen LogP contribution in [0.3, 0.4) is 0 Å². The Kier molecular flexibility index (Phi) is 3.85. The molecule has 1 heterocycles. The fourth-order valence-corrected chi connectivity index (χ4v) is 1.53. The van der Waals surface area contributed by atoms with Gasteiger partial charge in [-0.1, -0.05) is 30.3 Å². The van der Waals surface area contributed by atoms with E-state index in [4.69, 9.17) is 0 Å². The van der Waals surface area contributed by atoms with Crippen molar-refractivity contribution in [3.05, 3.63) is 62.4 Å². The summed E-state index contributed by atoms with van der Waals surface area (Å²) < 4.78 is 0. The van der Waals surface area contributed by atoms with Crippen LogP contribution in [-0.2, 0) is 4.79 Å². The molecule has 8 nitrogen and oxygen atoms in total. The summed E-state index contributed by atoms with van der Waals surface area (Å²) in [6.07, 6.45) is 1.66. The van der Waals surface area contributed by atoms with Crippen molar-refractivity contribution in [1.29, 1.82) is 0 Å². The lowest BCUT2D eigenvalue weighted by molar-refractivity contribution is 0.0938. The second-order valence-corrected chi connectivity index (χ2v) is 3.79. The molecule has 1 radical (unpaired) electrons. The molecule has 0 fully saturated rings. The minimum absolute atomic E-state index is 0.511. The zero-order valence-electron chi connectivity index (χ0n) is 10.0. The molecule has 1 atom stereocenters. The number of carbonyl (C=O) groups excluding carboxylic acids is 2. The number of nitrogens with one attached hydrogen (secondary N) is 3. The van der Waals surface area contributed by atoms with E-state index >= 15 is 0 Å². The lowest BCUT2D eigenvalue weighted by Crippen LogP contribution is -2.37. The van der Waals surface area contributed by atoms with Gasteiger partial charge in [0.25, 0.3) is 11.5 Å². The van der Waals surface area contributed by atoms with E-state index in [0.717, 1.165) is 0 Å². The van der Waals surface area contributed by atoms with Crippen molar-refractivity contribution in [1.82, 2.24) is 20.5 Å². The topological polar surface area (TPSA) is 125 Å². The Bertz CT molecular complexity index is 735. The number of hydrogen-bond donors (Lipinski definition) is 3. The van der Waals surface area contributed by atoms with Gasteiger partial charge in [0.15, 0.2) is 0 Å². The Morgan fingerprint density at radius 3 is 2.55 bits per heavy atom. The maximum absolute atomic E-state index is 11.8. The molecule has 0 aliphatic carbocycles. The van der Waals surface area contributed by atoms with Crippen LogP contribution in [0.1, 0.15) is 22.1 Å². The summed E-state index contributed by atoms with van der Waals surface area (Å²) in [6.45, 7) is 0. The van der Waals surface area contributed by atoms with Gasteiger partial charge in [-0.2, -0.15) is 5.10 Å². The zero-order chi connectivity index (χ0) is 14.5. The van der Waals surface area contributed by atoms with E-state index in [1.165, 1.54) is 0 Å². The SMILES string of the molecule is O=[C]C(NC(=O)c1n[nH]c(=O)[nH]c1=O)c1ccccc1. The largest absolute Gasteiger partial charge is 0.342 e. The third kappa shape index (κ3) is 2.86. The average molecular weight is 273 g/mol. The van der Waals surface area contributed by atoms with Crippen LogP contribution in [0.15, 0.2) is 39.9 Å². The van der Waals surface area contributed by atoms with E-state index in [1.807, 2.05) is 10.1 Å². The summed E-state index contributed by atoms with van der Waals surface area (Å²) in [4.78, 5) is 46.8. The monoisotopic (exact) mass is 273 g/mol. The molecule has 2 aromatic rings. The van der Waals surface area contributed by atoms with Gasteiger partial charge in [-0.15, -0.1) is 0 Å². The van der Waals surface area contributed by atoms with Crippen LogP contribution >= 0.6 is 0 Å². The third-order valence-electron chi connectivity index (χ3n) is 2.45. The van der Waals surface area contributed by atoms with E-state index in [9.17, 15) is 19.2 Å². The molecular formula is C12H9N4O4. The molecule has 1 aromatic carbocycles. The predicted molar refractivity (Wildman–Crippen MR) is 67.8 cm³/mol. The van der Waals surface area contributed by atoms with Crippen LogP contribution in [0.5, 0.6) is 0 Å². The van der Waals surface area contributed by atoms with Crippen LogP contribution < -0.4 is 16.6 Å². The number of carbonyl (C=O) groups is 1. The number of hydrogen-bond acceptors (Lipinski definition) is 5. The number of nitrogens with zero attached hydrogens (tertiary/aromatic N) is 1. The molecule has 1 unspecified atom stereocenters. The van der Waals surface area contributed by atoms with E-state index in [0.29, 0.717) is 5.56 Å². The van der Waals surface area contributed by atoms with Gasteiger partial charge in [-0.3, -0.25) is 19.4 Å². The van der Waals surface area contributed by atoms with Crippen molar-refractivity contribution in [3.63, 3.8) is 0 Å². The number of benzene rings is 1. The molecule has 0 saturated carbocycles. The third-order valence-corrected chi connectivity index (χ3v) is 2.45. The lowest BCUT2D eigenvalue weighted by Gasteiger charge is -2.11. The molecule has 0 aliphatic heterocycles. The first-order chi connectivity index (χ1) is 9.61. The van der Waals surface area contributed by atoms with Gasteiger partial charge in [0.2, 0.25) is 12.0 Å². The minimum atomic E-state index is -1.03. The highest BCUT2D eigenvalue weighted by Gasteiger charge is 2.19. The Morgan fingerprint density at radius 2 is 1.95 bits per heavy atom. The quantitative estimate of drug-likeness (QED) is 0.661. The van der Waals surface area contributed by atoms with Crippen LogP contribution in [-0.4, -0.2) is 27.4 Å². The van der Waals surface area contributed by atoms with E-state index in [2.05, 4.69) is 10.4 Å². The molecule has 0 spiro atoms. The lowest BCUT2D eigenvalue weighted by atomic mass is 10.1. The van der Waals surface area contributed by atoms with E-state index < -0.39 is 28.9 Å². The van der Waals surface area contributed by atoms with Crippen molar-refractivity contribution in [2.45, 2.75) is 6.04 Å². The molecule has 20 heavy (non-hydrogen) atoms. The fourth-order valence-electron chi connectivity index (χ4n) is 1.53. The predicted octanol–water partition coefficient (Wildman–Crippen LogP) is -0.961. The first-order valence-corrected chi connectivity index (χ1v) is 5.54. The summed E-state index contributed by atoms with van der Waals surface area (Å²) in [5.41, 5.74) is -1.80. The van der Waals surface area contributed by atoms with Crippen LogP contribution in [0.4, 0.5) is 0 Å². The highest BCUT2D eigenvalue weighted by atomic mass is 16.2. The van der Waals surface area contributed by atoms with Gasteiger partial charge < -0.3 is 5.32 Å². The standard InChI is InChI=1S/C12H9N4O4/c17-6-8(7-4-2-1-3-5-7)13-10(18)9-11(19)14-12(20)16-15-9/h1-5,8H,(H,13,18)(H2,14,16,19,20). The number of aromatic nitrogens is 3. The highest BCUT2D eigenvalue weighted by Crippen LogP contribution is 2.09. The molecule has 3 N–H and O–H groups in total. The summed E-state index contributed by atoms with van der Waals surface area (Å²) in [5.74, 6) is -0.889. The number of aromatic amines is 2. The molecular weight excluding hydrogens is 264 g/mol. The Balaban J connectivity index is 2.24. The molecule has 2 rings (SSSR count). The van der Waals surface area contributed by atoms with Gasteiger partial charge in [-0.25, -0.2) is 9.89 Å². The number of amides is 1. The second-order valence-electron chi connectivity index (χ2n) is 3.79. The van der Waals surface area contributed by atoms with Gasteiger partial charge >= 0.3 is 5.69 Å². The molecule has 0 saturated heterocycles. The van der Waals surface area contributed by atoms with Crippen LogP contribution in [0.2, 0.25) is 0 Å². The van der Waals surface area contributed by atoms with Crippen molar-refractivity contribution >= 4 is 12.2 Å². The van der Waals surface area contributed by atoms with Gasteiger partial charge in [-0.05, 0) is 5.56 Å². The van der Waals surface area contributed by atoms with Gasteiger partial charge in [0, 0.05) is 0 Å². The minimum Gasteiger partial charge on any atom is -0.336 e. The normalized spacial score (nSPS) is 11.6. The van der Waals surface area contributed by atoms with Crippen molar-refractivity contribution in [2.24, 2.45) is 0 Å². The van der Waals surface area contributed by atoms with Crippen LogP contribution in [0, 0.1) is 0 Å². The van der Waals surface area contributed by atoms with Crippen molar-refractivity contribution in [2.75, 3.05) is 0 Å². The maximum atomic E-state index is 11.8. The van der Waals surface area contributed by atoms with E-state index in [-0.39, 0.29) is 0 Å². The molecule has 101 valence electrons. The number of H-pyrrole nitrogens is 2. The molecule has 0 aliphatic rings. The first-order valence-electron chi connectivity index (χ1n) is 5.54. The number of rotatable bonds is 4. The van der Waals surface area contributed by atoms with Gasteiger partial charge in [0.05, 0.1) is 0 Å². The summed E-state index contributed by atoms with van der Waals surface area (Å²) in [6, 6.07) is 7.35. The zero-order valence-corrected chi connectivity index (χ0v) is 10.0. The fraction of sp³-hybridized carbons (Fsp3) is 0.0833. The Morgan fingerprint density at radius 1 is 1.25 bits per heavy atom. The maximum Gasteiger partial charge on any atom is 0.342 e. The van der Waals surface area contributed by atoms with Crippen molar-refractivity contribution in [3.8, 4) is 0 Å². The average Bonchev–Trinajstić information content (AvgIpc) is 2.45. The van der Waals surface area contributed by atoms with Gasteiger partial charge in [0.1, 0.15) is 6.04 Å². The highest BCUT2D eigenvalue weighted by molar-refractivity contribution is 5.93. The summed E-state index contributed by atoms with van der Waals surface area (Å²) in [7, 11) is 0. The summed E-state index contributed by atoms with van der Waals surface area (Å²) >= 11 is 0. The second kappa shape index (κ2) is 5.74. The first kappa shape index (κ1) is 13.4.